The molecule has 0 aliphatic carbocycles. The summed E-state index contributed by atoms with van der Waals surface area (Å²) in [6, 6.07) is 1.33. The Bertz CT molecular complexity index is 427. The van der Waals surface area contributed by atoms with Crippen molar-refractivity contribution in [3.63, 3.8) is 0 Å². The van der Waals surface area contributed by atoms with Crippen LogP contribution in [-0.4, -0.2) is 42.1 Å². The molecule has 0 saturated carbocycles. The van der Waals surface area contributed by atoms with Crippen LogP contribution >= 0.6 is 0 Å². The molecule has 0 aromatic rings. The van der Waals surface area contributed by atoms with Gasteiger partial charge in [-0.3, -0.25) is 4.55 Å². The number of nitriles is 1. The Balaban J connectivity index is 0.000000437. The van der Waals surface area contributed by atoms with E-state index in [4.69, 9.17) is 20.3 Å². The van der Waals surface area contributed by atoms with Crippen LogP contribution in [0.5, 0.6) is 0 Å². The summed E-state index contributed by atoms with van der Waals surface area (Å²) < 4.78 is 31.0. The quantitative estimate of drug-likeness (QED) is 0.497. The number of ether oxygens (including phenoxy) is 1. The maximum absolute atomic E-state index is 9.51. The third kappa shape index (κ3) is 6.23. The van der Waals surface area contributed by atoms with Crippen LogP contribution in [0.2, 0.25) is 0 Å². The second-order valence-electron chi connectivity index (χ2n) is 4.10. The summed E-state index contributed by atoms with van der Waals surface area (Å²) in [5, 5.41) is 18.1. The van der Waals surface area contributed by atoms with E-state index in [9.17, 15) is 13.5 Å². The van der Waals surface area contributed by atoms with Crippen LogP contribution < -0.4 is 5.73 Å². The van der Waals surface area contributed by atoms with Crippen LogP contribution in [0.25, 0.3) is 0 Å². The fourth-order valence-electron chi connectivity index (χ4n) is 1.17. The lowest BCUT2D eigenvalue weighted by Gasteiger charge is -2.37. The SMILES string of the molecule is CC1(C)OC(C#N)=C[C@@H](N)[C@@H]1O.CS(=O)(=O)O. The number of rotatable bonds is 0. The lowest BCUT2D eigenvalue weighted by molar-refractivity contribution is -0.0818. The van der Waals surface area contributed by atoms with Crippen molar-refractivity contribution in [2.45, 2.75) is 31.6 Å². The van der Waals surface area contributed by atoms with Crippen LogP contribution in [0.3, 0.4) is 0 Å². The molecular formula is C9H16N2O5S. The van der Waals surface area contributed by atoms with Crippen LogP contribution in [0.1, 0.15) is 13.8 Å². The molecule has 4 N–H and O–H groups in total. The molecule has 0 radical (unpaired) electrons. The molecule has 1 aliphatic heterocycles. The third-order valence-corrected chi connectivity index (χ3v) is 1.90. The van der Waals surface area contributed by atoms with E-state index in [0.29, 0.717) is 6.26 Å². The first-order valence-corrected chi connectivity index (χ1v) is 6.49. The van der Waals surface area contributed by atoms with Gasteiger partial charge in [0.25, 0.3) is 10.1 Å². The molecule has 0 aromatic heterocycles. The number of aliphatic hydroxyl groups is 1. The zero-order valence-corrected chi connectivity index (χ0v) is 10.6. The average Bonchev–Trinajstić information content (AvgIpc) is 2.10. The maximum Gasteiger partial charge on any atom is 0.261 e. The molecule has 0 aromatic carbocycles. The van der Waals surface area contributed by atoms with Gasteiger partial charge in [0.1, 0.15) is 17.8 Å². The molecule has 98 valence electrons. The summed E-state index contributed by atoms with van der Waals surface area (Å²) in [4.78, 5) is 0. The largest absolute Gasteiger partial charge is 0.475 e. The highest BCUT2D eigenvalue weighted by Crippen LogP contribution is 2.25. The van der Waals surface area contributed by atoms with Gasteiger partial charge in [-0.25, -0.2) is 0 Å². The fraction of sp³-hybridized carbons (Fsp3) is 0.667. The molecule has 1 heterocycles. The first-order chi connectivity index (χ1) is 7.47. The predicted molar refractivity (Wildman–Crippen MR) is 60.3 cm³/mol. The van der Waals surface area contributed by atoms with E-state index in [1.165, 1.54) is 6.08 Å². The molecular weight excluding hydrogens is 248 g/mol. The molecule has 0 unspecified atom stereocenters. The minimum Gasteiger partial charge on any atom is -0.475 e. The van der Waals surface area contributed by atoms with Crippen LogP contribution in [0.4, 0.5) is 0 Å². The number of nitrogens with two attached hydrogens (primary N) is 1. The van der Waals surface area contributed by atoms with Crippen LogP contribution in [0, 0.1) is 11.3 Å². The molecule has 0 bridgehead atoms. The molecule has 2 atom stereocenters. The van der Waals surface area contributed by atoms with E-state index < -0.39 is 27.9 Å². The summed E-state index contributed by atoms with van der Waals surface area (Å²) in [6.07, 6.45) is 1.37. The first-order valence-electron chi connectivity index (χ1n) is 4.64. The van der Waals surface area contributed by atoms with Crippen LogP contribution in [-0.2, 0) is 14.9 Å². The lowest BCUT2D eigenvalue weighted by atomic mass is 9.92. The van der Waals surface area contributed by atoms with Crippen molar-refractivity contribution in [3.8, 4) is 6.07 Å². The molecule has 17 heavy (non-hydrogen) atoms. The van der Waals surface area contributed by atoms with Crippen molar-refractivity contribution in [1.29, 1.82) is 5.26 Å². The Hall–Kier alpha value is -1.14. The number of hydrogen-bond donors (Lipinski definition) is 3. The molecule has 0 fully saturated rings. The molecule has 8 heteroatoms. The second kappa shape index (κ2) is 5.46. The summed E-state index contributed by atoms with van der Waals surface area (Å²) in [5.74, 6) is 0.179. The van der Waals surface area contributed by atoms with Gasteiger partial charge >= 0.3 is 0 Å². The average molecular weight is 264 g/mol. The van der Waals surface area contributed by atoms with Gasteiger partial charge in [-0.2, -0.15) is 13.7 Å². The minimum atomic E-state index is -3.67. The van der Waals surface area contributed by atoms with E-state index in [1.807, 2.05) is 6.07 Å². The second-order valence-corrected chi connectivity index (χ2v) is 5.57. The van der Waals surface area contributed by atoms with Gasteiger partial charge in [0, 0.05) is 0 Å². The monoisotopic (exact) mass is 264 g/mol. The van der Waals surface area contributed by atoms with Gasteiger partial charge in [0.05, 0.1) is 12.3 Å². The topological polar surface area (TPSA) is 134 Å². The van der Waals surface area contributed by atoms with E-state index in [-0.39, 0.29) is 5.76 Å². The standard InChI is InChI=1S/C8H12N2O2.CH4O3S/c1-8(2)7(11)6(10)3-5(4-9)12-8;1-5(2,3)4/h3,6-7,11H,10H2,1-2H3;1H3,(H,2,3,4)/t6-,7+;/m1./s1. The molecule has 0 amide bonds. The Kier molecular flexibility index (Phi) is 5.10. The number of aliphatic hydroxyl groups excluding tert-OH is 1. The number of nitrogens with zero attached hydrogens (tertiary/aromatic N) is 1. The Morgan fingerprint density at radius 2 is 2.00 bits per heavy atom. The van der Waals surface area contributed by atoms with Gasteiger partial charge in [-0.05, 0) is 19.9 Å². The zero-order valence-electron chi connectivity index (χ0n) is 9.78. The molecule has 7 nitrogen and oxygen atoms in total. The summed E-state index contributed by atoms with van der Waals surface area (Å²) in [7, 11) is -3.67. The van der Waals surface area contributed by atoms with E-state index in [1.54, 1.807) is 13.8 Å². The molecule has 0 saturated heterocycles. The van der Waals surface area contributed by atoms with Crippen molar-refractivity contribution in [1.82, 2.24) is 0 Å². The van der Waals surface area contributed by atoms with Crippen molar-refractivity contribution in [2.24, 2.45) is 5.73 Å². The van der Waals surface area contributed by atoms with E-state index >= 15 is 0 Å². The molecule has 1 aliphatic rings. The van der Waals surface area contributed by atoms with Crippen molar-refractivity contribution in [2.75, 3.05) is 6.26 Å². The van der Waals surface area contributed by atoms with Crippen LogP contribution in [0.15, 0.2) is 11.8 Å². The first kappa shape index (κ1) is 15.9. The van der Waals surface area contributed by atoms with Gasteiger partial charge < -0.3 is 15.6 Å². The van der Waals surface area contributed by atoms with Crippen molar-refractivity contribution in [3.05, 3.63) is 11.8 Å². The highest BCUT2D eigenvalue weighted by Gasteiger charge is 2.38. The highest BCUT2D eigenvalue weighted by atomic mass is 32.2. The fourth-order valence-corrected chi connectivity index (χ4v) is 1.17. The zero-order chi connectivity index (χ0) is 13.9. The summed E-state index contributed by atoms with van der Waals surface area (Å²) in [5.41, 5.74) is 4.78. The van der Waals surface area contributed by atoms with Gasteiger partial charge in [-0.1, -0.05) is 0 Å². The summed E-state index contributed by atoms with van der Waals surface area (Å²) in [6.45, 7) is 3.39. The number of allylic oxidation sites excluding steroid dienone is 1. The molecule has 1 rings (SSSR count). The Labute approximate surface area is 100 Å². The smallest absolute Gasteiger partial charge is 0.261 e. The molecule has 0 spiro atoms. The normalized spacial score (nSPS) is 26.8. The van der Waals surface area contributed by atoms with Gasteiger partial charge in [-0.15, -0.1) is 0 Å². The lowest BCUT2D eigenvalue weighted by Crippen LogP contribution is -2.52. The minimum absolute atomic E-state index is 0.179. The van der Waals surface area contributed by atoms with Gasteiger partial charge in [0.15, 0.2) is 5.76 Å². The van der Waals surface area contributed by atoms with Crippen molar-refractivity contribution >= 4 is 10.1 Å². The van der Waals surface area contributed by atoms with Gasteiger partial charge in [0.2, 0.25) is 0 Å². The highest BCUT2D eigenvalue weighted by molar-refractivity contribution is 7.85. The summed E-state index contributed by atoms with van der Waals surface area (Å²) >= 11 is 0. The maximum atomic E-state index is 9.51. The Morgan fingerprint density at radius 1 is 1.59 bits per heavy atom. The van der Waals surface area contributed by atoms with E-state index in [0.717, 1.165) is 0 Å². The van der Waals surface area contributed by atoms with E-state index in [2.05, 4.69) is 0 Å². The predicted octanol–water partition coefficient (Wildman–Crippen LogP) is -0.605. The van der Waals surface area contributed by atoms with Crippen molar-refractivity contribution < 1.29 is 22.8 Å². The Morgan fingerprint density at radius 3 is 2.29 bits per heavy atom. The number of hydrogen-bond acceptors (Lipinski definition) is 6. The third-order valence-electron chi connectivity index (χ3n) is 1.90.